The number of ketones is 1. The van der Waals surface area contributed by atoms with E-state index >= 15 is 0 Å². The van der Waals surface area contributed by atoms with Crippen molar-refractivity contribution in [2.24, 2.45) is 0 Å². The van der Waals surface area contributed by atoms with Crippen molar-refractivity contribution in [2.45, 2.75) is 17.7 Å². The molecule has 2 aromatic rings. The monoisotopic (exact) mass is 389 g/mol. The molecule has 0 atom stereocenters. The summed E-state index contributed by atoms with van der Waals surface area (Å²) in [5, 5.41) is 2.66. The van der Waals surface area contributed by atoms with Gasteiger partial charge in [0, 0.05) is 29.2 Å². The van der Waals surface area contributed by atoms with Gasteiger partial charge in [-0.1, -0.05) is 18.2 Å². The van der Waals surface area contributed by atoms with Crippen LogP contribution < -0.4 is 5.32 Å². The predicted molar refractivity (Wildman–Crippen MR) is 101 cm³/mol. The van der Waals surface area contributed by atoms with E-state index in [1.165, 1.54) is 24.3 Å². The van der Waals surface area contributed by atoms with Crippen LogP contribution in [0, 0.1) is 5.82 Å². The highest BCUT2D eigenvalue weighted by Crippen LogP contribution is 2.15. The number of benzene rings is 2. The summed E-state index contributed by atoms with van der Waals surface area (Å²) >= 11 is 1.61. The second-order valence-electron chi connectivity index (χ2n) is 5.60. The third kappa shape index (κ3) is 8.04. The number of thioether (sulfide) groups is 1. The molecule has 0 saturated carbocycles. The molecule has 142 valence electrons. The molecule has 0 aromatic heterocycles. The van der Waals surface area contributed by atoms with Crippen LogP contribution in [0.2, 0.25) is 0 Å². The van der Waals surface area contributed by atoms with E-state index in [1.54, 1.807) is 11.8 Å². The van der Waals surface area contributed by atoms with Crippen molar-refractivity contribution in [3.8, 4) is 0 Å². The molecular weight excluding hydrogens is 369 g/mol. The second-order valence-corrected chi connectivity index (χ2v) is 6.77. The molecule has 1 N–H and O–H groups in total. The molecule has 1 amide bonds. The SMILES string of the molecule is O=C(COC(=O)CCC(=O)c1ccc(F)cc1)NCCSc1ccccc1. The van der Waals surface area contributed by atoms with E-state index in [9.17, 15) is 18.8 Å². The van der Waals surface area contributed by atoms with Gasteiger partial charge in [-0.2, -0.15) is 0 Å². The normalized spacial score (nSPS) is 10.3. The first kappa shape index (κ1) is 20.6. The minimum atomic E-state index is -0.626. The highest BCUT2D eigenvalue weighted by molar-refractivity contribution is 7.99. The lowest BCUT2D eigenvalue weighted by molar-refractivity contribution is -0.148. The van der Waals surface area contributed by atoms with Crippen LogP contribution in [0.15, 0.2) is 59.5 Å². The van der Waals surface area contributed by atoms with Crippen LogP contribution in [0.3, 0.4) is 0 Å². The summed E-state index contributed by atoms with van der Waals surface area (Å²) in [5.74, 6) is -1.02. The van der Waals surface area contributed by atoms with Gasteiger partial charge in [0.1, 0.15) is 5.82 Å². The molecule has 0 saturated heterocycles. The van der Waals surface area contributed by atoms with Gasteiger partial charge in [-0.15, -0.1) is 11.8 Å². The number of carbonyl (C=O) groups is 3. The Kier molecular flexibility index (Phi) is 8.51. The molecule has 2 rings (SSSR count). The van der Waals surface area contributed by atoms with E-state index < -0.39 is 11.8 Å². The van der Waals surface area contributed by atoms with Crippen LogP contribution in [0.25, 0.3) is 0 Å². The van der Waals surface area contributed by atoms with Crippen molar-refractivity contribution < 1.29 is 23.5 Å². The van der Waals surface area contributed by atoms with Gasteiger partial charge < -0.3 is 10.1 Å². The van der Waals surface area contributed by atoms with Gasteiger partial charge in [0.15, 0.2) is 12.4 Å². The summed E-state index contributed by atoms with van der Waals surface area (Å²) in [6, 6.07) is 14.9. The molecule has 5 nitrogen and oxygen atoms in total. The average molecular weight is 389 g/mol. The van der Waals surface area contributed by atoms with Gasteiger partial charge in [0.05, 0.1) is 6.42 Å². The Bertz CT molecular complexity index is 765. The molecule has 0 bridgehead atoms. The zero-order valence-corrected chi connectivity index (χ0v) is 15.5. The van der Waals surface area contributed by atoms with Crippen LogP contribution in [0.4, 0.5) is 4.39 Å². The lowest BCUT2D eigenvalue weighted by Gasteiger charge is -2.07. The predicted octanol–water partition coefficient (Wildman–Crippen LogP) is 3.24. The van der Waals surface area contributed by atoms with Crippen LogP contribution >= 0.6 is 11.8 Å². The number of carbonyl (C=O) groups excluding carboxylic acids is 3. The summed E-state index contributed by atoms with van der Waals surface area (Å²) in [4.78, 5) is 36.3. The largest absolute Gasteiger partial charge is 0.456 e. The summed E-state index contributed by atoms with van der Waals surface area (Å²) in [6.45, 7) is 0.0819. The van der Waals surface area contributed by atoms with Crippen molar-refractivity contribution in [1.29, 1.82) is 0 Å². The molecule has 0 heterocycles. The van der Waals surface area contributed by atoms with E-state index in [2.05, 4.69) is 5.32 Å². The molecule has 0 fully saturated rings. The summed E-state index contributed by atoms with van der Waals surface area (Å²) in [5.41, 5.74) is 0.331. The van der Waals surface area contributed by atoms with Crippen molar-refractivity contribution >= 4 is 29.4 Å². The van der Waals surface area contributed by atoms with E-state index in [1.807, 2.05) is 30.3 Å². The van der Waals surface area contributed by atoms with Crippen LogP contribution in [-0.2, 0) is 14.3 Å². The first-order chi connectivity index (χ1) is 13.0. The summed E-state index contributed by atoms with van der Waals surface area (Å²) in [6.07, 6.45) is -0.187. The lowest BCUT2D eigenvalue weighted by Crippen LogP contribution is -2.30. The van der Waals surface area contributed by atoms with E-state index in [0.29, 0.717) is 17.9 Å². The summed E-state index contributed by atoms with van der Waals surface area (Å²) < 4.78 is 17.7. The Labute approximate surface area is 161 Å². The average Bonchev–Trinajstić information content (AvgIpc) is 2.69. The number of hydrogen-bond donors (Lipinski definition) is 1. The standard InChI is InChI=1S/C20H20FNO4S/c21-16-8-6-15(7-9-16)18(23)10-11-20(25)26-14-19(24)22-12-13-27-17-4-2-1-3-5-17/h1-9H,10-14H2,(H,22,24). The summed E-state index contributed by atoms with van der Waals surface area (Å²) in [7, 11) is 0. The number of nitrogens with one attached hydrogen (secondary N) is 1. The van der Waals surface area contributed by atoms with Gasteiger partial charge in [0.25, 0.3) is 5.91 Å². The molecule has 0 aliphatic heterocycles. The lowest BCUT2D eigenvalue weighted by atomic mass is 10.1. The van der Waals surface area contributed by atoms with Gasteiger partial charge in [-0.3, -0.25) is 14.4 Å². The Balaban J connectivity index is 1.57. The van der Waals surface area contributed by atoms with Crippen molar-refractivity contribution in [3.05, 3.63) is 66.0 Å². The fraction of sp³-hybridized carbons (Fsp3) is 0.250. The minimum absolute atomic E-state index is 0.0558. The van der Waals surface area contributed by atoms with Crippen molar-refractivity contribution in [2.75, 3.05) is 18.9 Å². The van der Waals surface area contributed by atoms with Crippen molar-refractivity contribution in [1.82, 2.24) is 5.32 Å². The van der Waals surface area contributed by atoms with E-state index in [-0.39, 0.29) is 31.1 Å². The van der Waals surface area contributed by atoms with E-state index in [0.717, 1.165) is 4.90 Å². The zero-order valence-electron chi connectivity index (χ0n) is 14.7. The Morgan fingerprint density at radius 3 is 2.37 bits per heavy atom. The number of hydrogen-bond acceptors (Lipinski definition) is 5. The Morgan fingerprint density at radius 2 is 1.67 bits per heavy atom. The second kappa shape index (κ2) is 11.1. The first-order valence-electron chi connectivity index (χ1n) is 8.43. The minimum Gasteiger partial charge on any atom is -0.456 e. The van der Waals surface area contributed by atoms with Crippen molar-refractivity contribution in [3.63, 3.8) is 0 Å². The number of esters is 1. The third-order valence-corrected chi connectivity index (χ3v) is 4.54. The highest BCUT2D eigenvalue weighted by Gasteiger charge is 2.12. The molecule has 0 spiro atoms. The fourth-order valence-electron chi connectivity index (χ4n) is 2.14. The third-order valence-electron chi connectivity index (χ3n) is 3.52. The molecule has 0 aliphatic carbocycles. The Hall–Kier alpha value is -2.67. The van der Waals surface area contributed by atoms with Crippen LogP contribution in [0.1, 0.15) is 23.2 Å². The Morgan fingerprint density at radius 1 is 0.963 bits per heavy atom. The topological polar surface area (TPSA) is 72.5 Å². The fourth-order valence-corrected chi connectivity index (χ4v) is 2.93. The number of halogens is 1. The quantitative estimate of drug-likeness (QED) is 0.292. The van der Waals surface area contributed by atoms with Crippen LogP contribution in [-0.4, -0.2) is 36.6 Å². The molecule has 7 heteroatoms. The molecular formula is C20H20FNO4S. The highest BCUT2D eigenvalue weighted by atomic mass is 32.2. The maximum Gasteiger partial charge on any atom is 0.306 e. The zero-order chi connectivity index (χ0) is 19.5. The molecule has 27 heavy (non-hydrogen) atoms. The van der Waals surface area contributed by atoms with Gasteiger partial charge in [0.2, 0.25) is 0 Å². The molecule has 0 unspecified atom stereocenters. The van der Waals surface area contributed by atoms with Gasteiger partial charge >= 0.3 is 5.97 Å². The van der Waals surface area contributed by atoms with Gasteiger partial charge in [-0.25, -0.2) is 4.39 Å². The number of ether oxygens (including phenoxy) is 1. The molecule has 0 radical (unpaired) electrons. The van der Waals surface area contributed by atoms with E-state index in [4.69, 9.17) is 4.74 Å². The maximum absolute atomic E-state index is 12.8. The van der Waals surface area contributed by atoms with Gasteiger partial charge in [-0.05, 0) is 36.4 Å². The molecule has 0 aliphatic rings. The molecule has 2 aromatic carbocycles. The number of rotatable bonds is 10. The smallest absolute Gasteiger partial charge is 0.306 e. The maximum atomic E-state index is 12.8. The van der Waals surface area contributed by atoms with Crippen LogP contribution in [0.5, 0.6) is 0 Å². The number of amides is 1. The first-order valence-corrected chi connectivity index (χ1v) is 9.42. The number of Topliss-reactive ketones (excluding diaryl/α,β-unsaturated/α-hetero) is 1.